The fourth-order valence-corrected chi connectivity index (χ4v) is 3.24. The number of nitrogens with zero attached hydrogens (tertiary/aromatic N) is 1. The Kier molecular flexibility index (Phi) is 3.80. The molecule has 0 radical (unpaired) electrons. The molecule has 2 heterocycles. The Bertz CT molecular complexity index is 462. The van der Waals surface area contributed by atoms with Gasteiger partial charge in [-0.05, 0) is 32.7 Å². The summed E-state index contributed by atoms with van der Waals surface area (Å²) in [5.41, 5.74) is 0.566. The molecule has 0 aliphatic carbocycles. The molecule has 2 rings (SSSR count). The van der Waals surface area contributed by atoms with E-state index in [1.807, 2.05) is 0 Å². The molecule has 17 heavy (non-hydrogen) atoms. The number of aromatic amines is 1. The van der Waals surface area contributed by atoms with E-state index in [4.69, 9.17) is 0 Å². The molecule has 0 spiro atoms. The highest BCUT2D eigenvalue weighted by molar-refractivity contribution is 7.89. The molecule has 1 saturated heterocycles. The van der Waals surface area contributed by atoms with E-state index in [0.717, 1.165) is 19.4 Å². The van der Waals surface area contributed by atoms with Gasteiger partial charge in [-0.3, -0.25) is 5.10 Å². The van der Waals surface area contributed by atoms with Gasteiger partial charge in [0, 0.05) is 12.6 Å². The van der Waals surface area contributed by atoms with E-state index in [2.05, 4.69) is 20.2 Å². The van der Waals surface area contributed by atoms with Gasteiger partial charge in [-0.1, -0.05) is 0 Å². The van der Waals surface area contributed by atoms with Crippen LogP contribution in [-0.4, -0.2) is 37.7 Å². The molecule has 0 bridgehead atoms. The first-order valence-corrected chi connectivity index (χ1v) is 7.31. The monoisotopic (exact) mass is 258 g/mol. The lowest BCUT2D eigenvalue weighted by atomic mass is 10.2. The zero-order valence-electron chi connectivity index (χ0n) is 9.86. The second-order valence-corrected chi connectivity index (χ2v) is 6.07. The summed E-state index contributed by atoms with van der Waals surface area (Å²) >= 11 is 0. The van der Waals surface area contributed by atoms with Gasteiger partial charge >= 0.3 is 0 Å². The van der Waals surface area contributed by atoms with E-state index in [9.17, 15) is 8.42 Å². The predicted octanol–water partition coefficient (Wildman–Crippen LogP) is 0.139. The van der Waals surface area contributed by atoms with E-state index in [1.165, 1.54) is 12.6 Å². The Hall–Kier alpha value is -0.920. The summed E-state index contributed by atoms with van der Waals surface area (Å²) < 4.78 is 26.4. The summed E-state index contributed by atoms with van der Waals surface area (Å²) in [7, 11) is -3.41. The van der Waals surface area contributed by atoms with Crippen molar-refractivity contribution >= 4 is 10.0 Å². The minimum atomic E-state index is -3.41. The summed E-state index contributed by atoms with van der Waals surface area (Å²) in [6, 6.07) is 0.447. The molecule has 6 nitrogen and oxygen atoms in total. The number of sulfonamides is 1. The summed E-state index contributed by atoms with van der Waals surface area (Å²) in [5.74, 6) is 0. The second kappa shape index (κ2) is 5.16. The fourth-order valence-electron chi connectivity index (χ4n) is 2.06. The van der Waals surface area contributed by atoms with Crippen LogP contribution in [0.5, 0.6) is 0 Å². The number of H-pyrrole nitrogens is 1. The molecule has 1 fully saturated rings. The van der Waals surface area contributed by atoms with Crippen LogP contribution in [0.15, 0.2) is 11.1 Å². The predicted molar refractivity (Wildman–Crippen MR) is 64.2 cm³/mol. The molecule has 3 N–H and O–H groups in total. The first-order chi connectivity index (χ1) is 8.09. The normalized spacial score (nSPS) is 20.9. The molecule has 1 aliphatic heterocycles. The van der Waals surface area contributed by atoms with E-state index >= 15 is 0 Å². The standard InChI is InChI=1S/C10H18N4O2S/c1-8-10(7-12-14-8)17(15,16)13-6-4-9-3-2-5-11-9/h7,9,11,13H,2-6H2,1H3,(H,12,14)/t9-/m0/s1. The van der Waals surface area contributed by atoms with Crippen LogP contribution in [0.25, 0.3) is 0 Å². The summed E-state index contributed by atoms with van der Waals surface area (Å²) in [6.45, 7) is 3.20. The van der Waals surface area contributed by atoms with Crippen LogP contribution in [0.1, 0.15) is 25.0 Å². The molecule has 96 valence electrons. The maximum absolute atomic E-state index is 11.9. The van der Waals surface area contributed by atoms with Gasteiger partial charge in [-0.2, -0.15) is 5.10 Å². The fraction of sp³-hybridized carbons (Fsp3) is 0.700. The van der Waals surface area contributed by atoms with E-state index in [-0.39, 0.29) is 4.90 Å². The molecule has 0 amide bonds. The van der Waals surface area contributed by atoms with Crippen molar-refractivity contribution < 1.29 is 8.42 Å². The SMILES string of the molecule is Cc1[nH]ncc1S(=O)(=O)NCC[C@@H]1CCCN1. The zero-order valence-corrected chi connectivity index (χ0v) is 10.7. The molecule has 0 unspecified atom stereocenters. The number of hydrogen-bond donors (Lipinski definition) is 3. The molecular weight excluding hydrogens is 240 g/mol. The van der Waals surface area contributed by atoms with Gasteiger partial charge < -0.3 is 5.32 Å². The van der Waals surface area contributed by atoms with Gasteiger partial charge in [-0.25, -0.2) is 13.1 Å². The van der Waals surface area contributed by atoms with Gasteiger partial charge in [0.2, 0.25) is 10.0 Å². The Balaban J connectivity index is 1.87. The van der Waals surface area contributed by atoms with Crippen LogP contribution in [0.2, 0.25) is 0 Å². The summed E-state index contributed by atoms with van der Waals surface area (Å²) in [4.78, 5) is 0.233. The van der Waals surface area contributed by atoms with Crippen molar-refractivity contribution in [3.63, 3.8) is 0 Å². The maximum atomic E-state index is 11.9. The van der Waals surface area contributed by atoms with Crippen molar-refractivity contribution in [2.75, 3.05) is 13.1 Å². The van der Waals surface area contributed by atoms with Crippen LogP contribution in [0, 0.1) is 6.92 Å². The minimum absolute atomic E-state index is 0.233. The first kappa shape index (κ1) is 12.5. The molecule has 1 aromatic rings. The molecule has 1 atom stereocenters. The van der Waals surface area contributed by atoms with E-state index in [0.29, 0.717) is 18.3 Å². The third-order valence-corrected chi connectivity index (χ3v) is 4.60. The molecule has 7 heteroatoms. The number of aryl methyl sites for hydroxylation is 1. The van der Waals surface area contributed by atoms with E-state index < -0.39 is 10.0 Å². The Morgan fingerprint density at radius 3 is 3.00 bits per heavy atom. The molecule has 1 aromatic heterocycles. The van der Waals surface area contributed by atoms with E-state index in [1.54, 1.807) is 6.92 Å². The number of aromatic nitrogens is 2. The van der Waals surface area contributed by atoms with Crippen molar-refractivity contribution in [3.8, 4) is 0 Å². The zero-order chi connectivity index (χ0) is 12.3. The van der Waals surface area contributed by atoms with Gasteiger partial charge in [0.15, 0.2) is 0 Å². The second-order valence-electron chi connectivity index (χ2n) is 4.34. The number of rotatable bonds is 5. The van der Waals surface area contributed by atoms with Gasteiger partial charge in [0.05, 0.1) is 11.9 Å². The lowest BCUT2D eigenvalue weighted by Crippen LogP contribution is -2.30. The van der Waals surface area contributed by atoms with Gasteiger partial charge in [-0.15, -0.1) is 0 Å². The van der Waals surface area contributed by atoms with Crippen LogP contribution in [0.4, 0.5) is 0 Å². The topological polar surface area (TPSA) is 86.9 Å². The van der Waals surface area contributed by atoms with Crippen molar-refractivity contribution in [2.45, 2.75) is 37.1 Å². The highest BCUT2D eigenvalue weighted by Gasteiger charge is 2.19. The Morgan fingerprint density at radius 2 is 2.41 bits per heavy atom. The lowest BCUT2D eigenvalue weighted by Gasteiger charge is -2.10. The van der Waals surface area contributed by atoms with Crippen LogP contribution < -0.4 is 10.0 Å². The average Bonchev–Trinajstić information content (AvgIpc) is 2.88. The highest BCUT2D eigenvalue weighted by atomic mass is 32.2. The molecule has 0 saturated carbocycles. The van der Waals surface area contributed by atoms with Crippen molar-refractivity contribution in [1.29, 1.82) is 0 Å². The third-order valence-electron chi connectivity index (χ3n) is 3.02. The molecular formula is C10H18N4O2S. The summed E-state index contributed by atoms with van der Waals surface area (Å²) in [6.07, 6.45) is 4.48. The van der Waals surface area contributed by atoms with Crippen LogP contribution in [0.3, 0.4) is 0 Å². The van der Waals surface area contributed by atoms with Crippen molar-refractivity contribution in [3.05, 3.63) is 11.9 Å². The first-order valence-electron chi connectivity index (χ1n) is 5.82. The third kappa shape index (κ3) is 3.05. The Morgan fingerprint density at radius 1 is 1.59 bits per heavy atom. The van der Waals surface area contributed by atoms with Gasteiger partial charge in [0.25, 0.3) is 0 Å². The highest BCUT2D eigenvalue weighted by Crippen LogP contribution is 2.12. The summed E-state index contributed by atoms with van der Waals surface area (Å²) in [5, 5.41) is 9.68. The van der Waals surface area contributed by atoms with Crippen molar-refractivity contribution in [2.24, 2.45) is 0 Å². The molecule has 1 aliphatic rings. The maximum Gasteiger partial charge on any atom is 0.243 e. The lowest BCUT2D eigenvalue weighted by molar-refractivity contribution is 0.539. The quantitative estimate of drug-likeness (QED) is 0.701. The van der Waals surface area contributed by atoms with Crippen LogP contribution >= 0.6 is 0 Å². The smallest absolute Gasteiger partial charge is 0.243 e. The number of hydrogen-bond acceptors (Lipinski definition) is 4. The van der Waals surface area contributed by atoms with Crippen LogP contribution in [-0.2, 0) is 10.0 Å². The number of nitrogens with one attached hydrogen (secondary N) is 3. The van der Waals surface area contributed by atoms with Gasteiger partial charge in [0.1, 0.15) is 4.90 Å². The minimum Gasteiger partial charge on any atom is -0.314 e. The average molecular weight is 258 g/mol. The Labute approximate surface area is 101 Å². The van der Waals surface area contributed by atoms with Crippen molar-refractivity contribution in [1.82, 2.24) is 20.2 Å². The molecule has 0 aromatic carbocycles. The largest absolute Gasteiger partial charge is 0.314 e.